The van der Waals surface area contributed by atoms with E-state index >= 15 is 0 Å². The van der Waals surface area contributed by atoms with Gasteiger partial charge in [-0.1, -0.05) is 115 Å². The van der Waals surface area contributed by atoms with Crippen LogP contribution in [0.15, 0.2) is 200 Å². The third kappa shape index (κ3) is 6.48. The molecule has 0 radical (unpaired) electrons. The molecule has 0 aliphatic rings. The molecule has 50 heavy (non-hydrogen) atoms. The van der Waals surface area contributed by atoms with Crippen LogP contribution >= 0.6 is 0 Å². The quantitative estimate of drug-likeness (QED) is 0.157. The molecule has 5 heteroatoms. The number of para-hydroxylation sites is 3. The van der Waals surface area contributed by atoms with Gasteiger partial charge in [0, 0.05) is 50.8 Å². The Hall–Kier alpha value is -6.85. The molecule has 0 spiro atoms. The van der Waals surface area contributed by atoms with Crippen LogP contribution in [0.25, 0.3) is 34.2 Å². The number of anilines is 6. The van der Waals surface area contributed by atoms with Gasteiger partial charge in [-0.05, 0) is 84.9 Å². The van der Waals surface area contributed by atoms with Crippen LogP contribution in [-0.4, -0.2) is 15.0 Å². The summed E-state index contributed by atoms with van der Waals surface area (Å²) in [7, 11) is 0. The van der Waals surface area contributed by atoms with Crippen LogP contribution in [-0.2, 0) is 0 Å². The fourth-order valence-electron chi connectivity index (χ4n) is 6.07. The van der Waals surface area contributed by atoms with Crippen molar-refractivity contribution in [2.45, 2.75) is 0 Å². The lowest BCUT2D eigenvalue weighted by molar-refractivity contribution is 1.07. The average Bonchev–Trinajstić information content (AvgIpc) is 3.21. The SMILES string of the molecule is c1ccc(-c2nc(-c3ccccc3)nc(-c3ccc(N(c4ccccc4)c4ccc(N(c5ccccc5)c5ccccc5)cc4)cc3)n2)cc1. The van der Waals surface area contributed by atoms with E-state index in [1.54, 1.807) is 0 Å². The summed E-state index contributed by atoms with van der Waals surface area (Å²) in [6.45, 7) is 0. The van der Waals surface area contributed by atoms with E-state index in [1.807, 2.05) is 78.9 Å². The zero-order chi connectivity index (χ0) is 33.5. The zero-order valence-corrected chi connectivity index (χ0v) is 27.3. The lowest BCUT2D eigenvalue weighted by Crippen LogP contribution is -2.12. The van der Waals surface area contributed by atoms with Crippen LogP contribution in [0.1, 0.15) is 0 Å². The molecule has 8 rings (SSSR count). The maximum atomic E-state index is 4.93. The van der Waals surface area contributed by atoms with Crippen molar-refractivity contribution in [3.8, 4) is 34.2 Å². The summed E-state index contributed by atoms with van der Waals surface area (Å²) < 4.78 is 0. The van der Waals surface area contributed by atoms with Gasteiger partial charge in [-0.3, -0.25) is 0 Å². The minimum absolute atomic E-state index is 0.627. The maximum Gasteiger partial charge on any atom is 0.164 e. The summed E-state index contributed by atoms with van der Waals surface area (Å²) in [5.74, 6) is 1.91. The highest BCUT2D eigenvalue weighted by Gasteiger charge is 2.17. The molecular formula is C45H33N5. The van der Waals surface area contributed by atoms with Crippen molar-refractivity contribution in [3.05, 3.63) is 200 Å². The summed E-state index contributed by atoms with van der Waals surface area (Å²) >= 11 is 0. The standard InChI is InChI=1S/C45H33N5/c1-6-16-34(17-7-1)43-46-44(35-18-8-2-9-19-35)48-45(47-43)36-26-28-40(29-27-36)50(39-24-14-5-15-25-39)42-32-30-41(31-33-42)49(37-20-10-3-11-21-37)38-22-12-4-13-23-38/h1-33H. The Morgan fingerprint density at radius 1 is 0.220 bits per heavy atom. The lowest BCUT2D eigenvalue weighted by atomic mass is 10.1. The van der Waals surface area contributed by atoms with Crippen molar-refractivity contribution in [1.29, 1.82) is 0 Å². The smallest absolute Gasteiger partial charge is 0.164 e. The molecule has 5 nitrogen and oxygen atoms in total. The Kier molecular flexibility index (Phi) is 8.60. The largest absolute Gasteiger partial charge is 0.311 e. The third-order valence-corrected chi connectivity index (χ3v) is 8.49. The summed E-state index contributed by atoms with van der Waals surface area (Å²) in [5.41, 5.74) is 9.22. The molecular weight excluding hydrogens is 611 g/mol. The normalized spacial score (nSPS) is 10.8. The molecule has 0 saturated carbocycles. The third-order valence-electron chi connectivity index (χ3n) is 8.49. The van der Waals surface area contributed by atoms with Gasteiger partial charge in [0.2, 0.25) is 0 Å². The summed E-state index contributed by atoms with van der Waals surface area (Å²) in [6.07, 6.45) is 0. The predicted molar refractivity (Wildman–Crippen MR) is 206 cm³/mol. The van der Waals surface area contributed by atoms with Gasteiger partial charge >= 0.3 is 0 Å². The van der Waals surface area contributed by atoms with Crippen molar-refractivity contribution >= 4 is 34.1 Å². The average molecular weight is 644 g/mol. The minimum atomic E-state index is 0.627. The highest BCUT2D eigenvalue weighted by atomic mass is 15.2. The fourth-order valence-corrected chi connectivity index (χ4v) is 6.07. The van der Waals surface area contributed by atoms with Crippen LogP contribution in [0.2, 0.25) is 0 Å². The number of nitrogens with zero attached hydrogens (tertiary/aromatic N) is 5. The molecule has 0 unspecified atom stereocenters. The van der Waals surface area contributed by atoms with Crippen molar-refractivity contribution in [3.63, 3.8) is 0 Å². The zero-order valence-electron chi connectivity index (χ0n) is 27.3. The molecule has 0 N–H and O–H groups in total. The van der Waals surface area contributed by atoms with Gasteiger partial charge in [0.15, 0.2) is 17.5 Å². The Bertz CT molecular complexity index is 2180. The first-order chi connectivity index (χ1) is 24.8. The number of benzene rings is 7. The second-order valence-electron chi connectivity index (χ2n) is 11.8. The molecule has 0 amide bonds. The maximum absolute atomic E-state index is 4.93. The van der Waals surface area contributed by atoms with Crippen molar-refractivity contribution in [1.82, 2.24) is 15.0 Å². The Morgan fingerprint density at radius 2 is 0.440 bits per heavy atom. The predicted octanol–water partition coefficient (Wildman–Crippen LogP) is 11.8. The van der Waals surface area contributed by atoms with Crippen LogP contribution < -0.4 is 9.80 Å². The minimum Gasteiger partial charge on any atom is -0.311 e. The Balaban J connectivity index is 1.17. The molecule has 7 aromatic carbocycles. The van der Waals surface area contributed by atoms with Gasteiger partial charge in [-0.25, -0.2) is 15.0 Å². The molecule has 1 aromatic heterocycles. The highest BCUT2D eigenvalue weighted by Crippen LogP contribution is 2.39. The topological polar surface area (TPSA) is 45.2 Å². The van der Waals surface area contributed by atoms with E-state index in [0.717, 1.165) is 50.8 Å². The van der Waals surface area contributed by atoms with Crippen molar-refractivity contribution in [2.24, 2.45) is 0 Å². The van der Waals surface area contributed by atoms with Crippen LogP contribution in [0.4, 0.5) is 34.1 Å². The summed E-state index contributed by atoms with van der Waals surface area (Å²) in [6, 6.07) is 68.6. The van der Waals surface area contributed by atoms with Gasteiger partial charge in [-0.2, -0.15) is 0 Å². The monoisotopic (exact) mass is 643 g/mol. The van der Waals surface area contributed by atoms with Gasteiger partial charge < -0.3 is 9.80 Å². The van der Waals surface area contributed by atoms with E-state index in [-0.39, 0.29) is 0 Å². The first-order valence-corrected chi connectivity index (χ1v) is 16.6. The second kappa shape index (κ2) is 14.1. The number of rotatable bonds is 9. The van der Waals surface area contributed by atoms with Crippen molar-refractivity contribution in [2.75, 3.05) is 9.80 Å². The van der Waals surface area contributed by atoms with Crippen LogP contribution in [0.3, 0.4) is 0 Å². The molecule has 0 saturated heterocycles. The molecule has 238 valence electrons. The summed E-state index contributed by atoms with van der Waals surface area (Å²) in [5, 5.41) is 0. The molecule has 0 bridgehead atoms. The molecule has 1 heterocycles. The van der Waals surface area contributed by atoms with E-state index in [4.69, 9.17) is 15.0 Å². The number of hydrogen-bond acceptors (Lipinski definition) is 5. The molecule has 0 fully saturated rings. The van der Waals surface area contributed by atoms with Gasteiger partial charge in [-0.15, -0.1) is 0 Å². The van der Waals surface area contributed by atoms with E-state index in [9.17, 15) is 0 Å². The van der Waals surface area contributed by atoms with Crippen LogP contribution in [0, 0.1) is 0 Å². The Morgan fingerprint density at radius 3 is 0.740 bits per heavy atom. The van der Waals surface area contributed by atoms with Gasteiger partial charge in [0.05, 0.1) is 0 Å². The van der Waals surface area contributed by atoms with E-state index in [0.29, 0.717) is 17.5 Å². The second-order valence-corrected chi connectivity index (χ2v) is 11.8. The fraction of sp³-hybridized carbons (Fsp3) is 0. The van der Waals surface area contributed by atoms with Crippen molar-refractivity contribution < 1.29 is 0 Å². The lowest BCUT2D eigenvalue weighted by Gasteiger charge is -2.28. The van der Waals surface area contributed by atoms with E-state index in [2.05, 4.69) is 131 Å². The molecule has 0 atom stereocenters. The highest BCUT2D eigenvalue weighted by molar-refractivity contribution is 5.81. The van der Waals surface area contributed by atoms with Crippen LogP contribution in [0.5, 0.6) is 0 Å². The van der Waals surface area contributed by atoms with Gasteiger partial charge in [0.1, 0.15) is 0 Å². The molecule has 8 aromatic rings. The van der Waals surface area contributed by atoms with Gasteiger partial charge in [0.25, 0.3) is 0 Å². The first-order valence-electron chi connectivity index (χ1n) is 16.6. The molecule has 0 aliphatic carbocycles. The van der Waals surface area contributed by atoms with E-state index < -0.39 is 0 Å². The number of aromatic nitrogens is 3. The first kappa shape index (κ1) is 30.5. The van der Waals surface area contributed by atoms with E-state index in [1.165, 1.54) is 0 Å². The summed E-state index contributed by atoms with van der Waals surface area (Å²) in [4.78, 5) is 19.2. The Labute approximate surface area is 292 Å². The number of hydrogen-bond donors (Lipinski definition) is 0. The molecule has 0 aliphatic heterocycles.